The van der Waals surface area contributed by atoms with E-state index in [1.54, 1.807) is 6.92 Å². The minimum Gasteiger partial charge on any atom is -0.466 e. The van der Waals surface area contributed by atoms with Gasteiger partial charge in [0.2, 0.25) is 0 Å². The van der Waals surface area contributed by atoms with Crippen LogP contribution in [0.3, 0.4) is 0 Å². The molecule has 1 saturated heterocycles. The van der Waals surface area contributed by atoms with Gasteiger partial charge in [-0.15, -0.1) is 13.2 Å². The number of carbonyl (C=O) groups is 2. The quantitative estimate of drug-likeness (QED) is 0.331. The maximum Gasteiger partial charge on any atom is 0.330 e. The molecule has 0 aromatic heterocycles. The summed E-state index contributed by atoms with van der Waals surface area (Å²) in [5, 5.41) is 0. The van der Waals surface area contributed by atoms with Crippen molar-refractivity contribution in [3.63, 3.8) is 0 Å². The molecule has 0 aromatic carbocycles. The van der Waals surface area contributed by atoms with E-state index >= 15 is 0 Å². The van der Waals surface area contributed by atoms with Crippen LogP contribution in [0, 0.1) is 0 Å². The maximum absolute atomic E-state index is 10.6. The molecule has 1 rings (SSSR count). The third-order valence-corrected chi connectivity index (χ3v) is 1.72. The summed E-state index contributed by atoms with van der Waals surface area (Å²) in [5.41, 5.74) is 0. The van der Waals surface area contributed by atoms with Crippen molar-refractivity contribution in [3.8, 4) is 0 Å². The summed E-state index contributed by atoms with van der Waals surface area (Å²) in [5.74, 6) is -0.780. The third kappa shape index (κ3) is 10.6. The Morgan fingerprint density at radius 3 is 1.94 bits per heavy atom. The fraction of sp³-hybridized carbons (Fsp3) is 0.385. The number of epoxide rings is 1. The summed E-state index contributed by atoms with van der Waals surface area (Å²) in [4.78, 5) is 20.4. The molecular weight excluding hydrogens is 236 g/mol. The lowest BCUT2D eigenvalue weighted by atomic mass is 10.3. The largest absolute Gasteiger partial charge is 0.466 e. The summed E-state index contributed by atoms with van der Waals surface area (Å²) >= 11 is 0. The van der Waals surface area contributed by atoms with Gasteiger partial charge in [0.05, 0.1) is 13.7 Å². The Labute approximate surface area is 108 Å². The SMILES string of the molecule is C=C.C=CC(=O)OC.C=CC(=O)OC(C)C1CO1. The van der Waals surface area contributed by atoms with Crippen molar-refractivity contribution >= 4 is 11.9 Å². The van der Waals surface area contributed by atoms with Crippen LogP contribution in [0.15, 0.2) is 38.5 Å². The van der Waals surface area contributed by atoms with E-state index in [0.717, 1.165) is 12.2 Å². The average molecular weight is 256 g/mol. The highest BCUT2D eigenvalue weighted by molar-refractivity contribution is 5.81. The first-order valence-corrected chi connectivity index (χ1v) is 5.20. The van der Waals surface area contributed by atoms with Gasteiger partial charge < -0.3 is 14.2 Å². The molecule has 1 fully saturated rings. The van der Waals surface area contributed by atoms with Gasteiger partial charge in [0.15, 0.2) is 0 Å². The Morgan fingerprint density at radius 2 is 1.72 bits per heavy atom. The molecule has 1 aliphatic heterocycles. The second-order valence-corrected chi connectivity index (χ2v) is 2.95. The third-order valence-electron chi connectivity index (χ3n) is 1.72. The van der Waals surface area contributed by atoms with E-state index in [1.807, 2.05) is 0 Å². The number of ether oxygens (including phenoxy) is 3. The molecule has 2 unspecified atom stereocenters. The van der Waals surface area contributed by atoms with Crippen LogP contribution in [0.25, 0.3) is 0 Å². The summed E-state index contributed by atoms with van der Waals surface area (Å²) in [7, 11) is 1.31. The van der Waals surface area contributed by atoms with Gasteiger partial charge in [0.1, 0.15) is 12.2 Å². The second-order valence-electron chi connectivity index (χ2n) is 2.95. The lowest BCUT2D eigenvalue weighted by Gasteiger charge is -2.06. The van der Waals surface area contributed by atoms with Crippen LogP contribution in [-0.2, 0) is 23.8 Å². The van der Waals surface area contributed by atoms with Crippen LogP contribution in [0.5, 0.6) is 0 Å². The summed E-state index contributed by atoms with van der Waals surface area (Å²) in [6.07, 6.45) is 2.24. The smallest absolute Gasteiger partial charge is 0.330 e. The zero-order chi connectivity index (χ0) is 14.6. The van der Waals surface area contributed by atoms with Crippen LogP contribution in [0.1, 0.15) is 6.92 Å². The van der Waals surface area contributed by atoms with E-state index < -0.39 is 5.97 Å². The molecule has 1 heterocycles. The van der Waals surface area contributed by atoms with Gasteiger partial charge >= 0.3 is 11.9 Å². The maximum atomic E-state index is 10.6. The fourth-order valence-corrected chi connectivity index (χ4v) is 0.717. The van der Waals surface area contributed by atoms with Crippen molar-refractivity contribution in [3.05, 3.63) is 38.5 Å². The Balaban J connectivity index is 0. The molecule has 5 heteroatoms. The standard InChI is InChI=1S/C7H10O3.C4H6O2.C2H4/c1-3-7(8)10-5(2)6-4-9-6;1-3-4(5)6-2;1-2/h3,5-6H,1,4H2,2H3;3H,1H2,2H3;1-2H2. The zero-order valence-electron chi connectivity index (χ0n) is 10.9. The molecule has 2 atom stereocenters. The van der Waals surface area contributed by atoms with Crippen LogP contribution in [0.2, 0.25) is 0 Å². The van der Waals surface area contributed by atoms with Crippen LogP contribution < -0.4 is 0 Å². The lowest BCUT2D eigenvalue weighted by molar-refractivity contribution is -0.143. The van der Waals surface area contributed by atoms with E-state index in [-0.39, 0.29) is 18.2 Å². The first kappa shape index (κ1) is 18.5. The van der Waals surface area contributed by atoms with Crippen molar-refractivity contribution in [1.82, 2.24) is 0 Å². The highest BCUT2D eigenvalue weighted by atomic mass is 16.6. The molecular formula is C13H20O5. The van der Waals surface area contributed by atoms with Crippen molar-refractivity contribution in [2.75, 3.05) is 13.7 Å². The molecule has 0 aromatic rings. The van der Waals surface area contributed by atoms with Gasteiger partial charge in [-0.3, -0.25) is 0 Å². The van der Waals surface area contributed by atoms with Crippen LogP contribution in [0.4, 0.5) is 0 Å². The number of esters is 2. The summed E-state index contributed by atoms with van der Waals surface area (Å²) in [6.45, 7) is 14.9. The molecule has 0 bridgehead atoms. The van der Waals surface area contributed by atoms with Crippen molar-refractivity contribution in [2.45, 2.75) is 19.1 Å². The predicted octanol–water partition coefficient (Wildman–Crippen LogP) is 1.65. The molecule has 5 nitrogen and oxygen atoms in total. The van der Waals surface area contributed by atoms with Gasteiger partial charge in [0.25, 0.3) is 0 Å². The Morgan fingerprint density at radius 1 is 1.28 bits per heavy atom. The highest BCUT2D eigenvalue weighted by Crippen LogP contribution is 2.16. The van der Waals surface area contributed by atoms with Crippen molar-refractivity contribution in [2.24, 2.45) is 0 Å². The second kappa shape index (κ2) is 11.6. The number of methoxy groups -OCH3 is 1. The fourth-order valence-electron chi connectivity index (χ4n) is 0.717. The Bertz CT molecular complexity index is 281. The van der Waals surface area contributed by atoms with Crippen LogP contribution in [-0.4, -0.2) is 37.9 Å². The van der Waals surface area contributed by atoms with E-state index in [0.29, 0.717) is 6.61 Å². The molecule has 0 saturated carbocycles. The van der Waals surface area contributed by atoms with E-state index in [9.17, 15) is 9.59 Å². The first-order valence-electron chi connectivity index (χ1n) is 5.20. The highest BCUT2D eigenvalue weighted by Gasteiger charge is 2.31. The van der Waals surface area contributed by atoms with Crippen molar-refractivity contribution in [1.29, 1.82) is 0 Å². The average Bonchev–Trinajstić information content (AvgIpc) is 3.25. The molecule has 102 valence electrons. The Hall–Kier alpha value is -1.88. The van der Waals surface area contributed by atoms with Gasteiger partial charge in [-0.05, 0) is 6.92 Å². The summed E-state index contributed by atoms with van der Waals surface area (Å²) < 4.78 is 13.9. The van der Waals surface area contributed by atoms with E-state index in [2.05, 4.69) is 31.1 Å². The molecule has 0 radical (unpaired) electrons. The van der Waals surface area contributed by atoms with Gasteiger partial charge in [-0.25, -0.2) is 9.59 Å². The number of carbonyl (C=O) groups excluding carboxylic acids is 2. The van der Waals surface area contributed by atoms with Crippen molar-refractivity contribution < 1.29 is 23.8 Å². The van der Waals surface area contributed by atoms with Gasteiger partial charge in [0, 0.05) is 12.2 Å². The minimum absolute atomic E-state index is 0.115. The first-order chi connectivity index (χ1) is 8.54. The summed E-state index contributed by atoms with van der Waals surface area (Å²) in [6, 6.07) is 0. The molecule has 18 heavy (non-hydrogen) atoms. The zero-order valence-corrected chi connectivity index (χ0v) is 10.9. The number of hydrogen-bond acceptors (Lipinski definition) is 5. The number of rotatable bonds is 4. The van der Waals surface area contributed by atoms with Gasteiger partial charge in [-0.1, -0.05) is 13.2 Å². The lowest BCUT2D eigenvalue weighted by Crippen LogP contribution is -2.18. The van der Waals surface area contributed by atoms with Gasteiger partial charge in [-0.2, -0.15) is 0 Å². The van der Waals surface area contributed by atoms with E-state index in [4.69, 9.17) is 9.47 Å². The molecule has 1 aliphatic rings. The molecule has 0 amide bonds. The number of hydrogen-bond donors (Lipinski definition) is 0. The normalized spacial score (nSPS) is 16.4. The van der Waals surface area contributed by atoms with E-state index in [1.165, 1.54) is 7.11 Å². The molecule has 0 spiro atoms. The monoisotopic (exact) mass is 256 g/mol. The Kier molecular flexibility index (Phi) is 11.9. The van der Waals surface area contributed by atoms with Crippen LogP contribution >= 0.6 is 0 Å². The molecule has 0 N–H and O–H groups in total. The predicted molar refractivity (Wildman–Crippen MR) is 69.0 cm³/mol. The topological polar surface area (TPSA) is 65.1 Å². The minimum atomic E-state index is -0.394. The molecule has 0 aliphatic carbocycles.